The number of carbonyl (C=O) groups excluding carboxylic acids is 3. The highest BCUT2D eigenvalue weighted by Crippen LogP contribution is 2.29. The zero-order valence-electron chi connectivity index (χ0n) is 11.0. The van der Waals surface area contributed by atoms with E-state index in [-0.39, 0.29) is 28.8 Å². The van der Waals surface area contributed by atoms with Crippen molar-refractivity contribution in [1.29, 1.82) is 0 Å². The third-order valence-electron chi connectivity index (χ3n) is 3.02. The number of rotatable bonds is 3. The number of hydrogen-bond donors (Lipinski definition) is 1. The molecule has 0 spiro atoms. The number of nitrogens with one attached hydrogen (secondary N) is 1. The molecule has 0 aromatic heterocycles. The number of amides is 3. The molecule has 5 nitrogen and oxygen atoms in total. The minimum absolute atomic E-state index is 0.0529. The van der Waals surface area contributed by atoms with Crippen LogP contribution >= 0.6 is 11.8 Å². The molecule has 21 heavy (non-hydrogen) atoms. The molecule has 1 aromatic carbocycles. The first-order chi connectivity index (χ1) is 9.90. The summed E-state index contributed by atoms with van der Waals surface area (Å²) in [7, 11) is 0. The van der Waals surface area contributed by atoms with Crippen LogP contribution in [0.1, 0.15) is 17.3 Å². The lowest BCUT2D eigenvalue weighted by atomic mass is 10.1. The van der Waals surface area contributed by atoms with Gasteiger partial charge in [0.25, 0.3) is 11.7 Å². The molecule has 0 saturated carbocycles. The van der Waals surface area contributed by atoms with Gasteiger partial charge in [-0.05, 0) is 19.1 Å². The number of piperazine rings is 1. The van der Waals surface area contributed by atoms with Gasteiger partial charge in [-0.2, -0.15) is 8.78 Å². The molecule has 3 amide bonds. The average Bonchev–Trinajstić information content (AvgIpc) is 2.42. The van der Waals surface area contributed by atoms with E-state index in [0.29, 0.717) is 0 Å². The summed E-state index contributed by atoms with van der Waals surface area (Å²) in [4.78, 5) is 36.6. The summed E-state index contributed by atoms with van der Waals surface area (Å²) in [6, 6.07) is 5.05. The fourth-order valence-electron chi connectivity index (χ4n) is 1.96. The highest BCUT2D eigenvalue weighted by molar-refractivity contribution is 7.99. The first-order valence-electron chi connectivity index (χ1n) is 6.08. The van der Waals surface area contributed by atoms with E-state index in [1.165, 1.54) is 19.1 Å². The van der Waals surface area contributed by atoms with Gasteiger partial charge >= 0.3 is 0 Å². The molecule has 1 aliphatic rings. The van der Waals surface area contributed by atoms with E-state index in [0.717, 1.165) is 4.90 Å². The Hall–Kier alpha value is -1.96. The van der Waals surface area contributed by atoms with E-state index >= 15 is 0 Å². The second kappa shape index (κ2) is 6.21. The third-order valence-corrected chi connectivity index (χ3v) is 3.81. The van der Waals surface area contributed by atoms with Crippen LogP contribution in [-0.4, -0.2) is 41.0 Å². The number of hydrogen-bond acceptors (Lipinski definition) is 4. The summed E-state index contributed by atoms with van der Waals surface area (Å²) in [6.07, 6.45) is 0. The number of benzene rings is 1. The van der Waals surface area contributed by atoms with Gasteiger partial charge in [0.15, 0.2) is 0 Å². The van der Waals surface area contributed by atoms with Crippen LogP contribution in [0.25, 0.3) is 0 Å². The van der Waals surface area contributed by atoms with Gasteiger partial charge in [-0.3, -0.25) is 19.7 Å². The normalized spacial score (nSPS) is 18.9. The molecule has 1 atom stereocenters. The Morgan fingerprint density at radius 3 is 2.71 bits per heavy atom. The predicted octanol–water partition coefficient (Wildman–Crippen LogP) is 1.49. The number of halogens is 2. The molecule has 2 rings (SSSR count). The second-order valence-electron chi connectivity index (χ2n) is 4.40. The Kier molecular flexibility index (Phi) is 4.56. The second-order valence-corrected chi connectivity index (χ2v) is 5.43. The molecule has 0 radical (unpaired) electrons. The van der Waals surface area contributed by atoms with Gasteiger partial charge < -0.3 is 4.90 Å². The minimum Gasteiger partial charge on any atom is -0.318 e. The molecular weight excluding hydrogens is 302 g/mol. The van der Waals surface area contributed by atoms with E-state index in [4.69, 9.17) is 0 Å². The summed E-state index contributed by atoms with van der Waals surface area (Å²) in [5.41, 5.74) is 0.0529. The molecule has 1 unspecified atom stereocenters. The number of imide groups is 1. The highest BCUT2D eigenvalue weighted by atomic mass is 32.2. The van der Waals surface area contributed by atoms with Crippen molar-refractivity contribution in [3.8, 4) is 0 Å². The Labute approximate surface area is 123 Å². The van der Waals surface area contributed by atoms with E-state index in [2.05, 4.69) is 5.32 Å². The van der Waals surface area contributed by atoms with Gasteiger partial charge in [0.1, 0.15) is 12.6 Å². The standard InChI is InChI=1S/C13H12F2N2O3S/c1-7-11(19)16-10(18)6-17(7)12(20)8-4-2-3-5-9(8)21-13(14)15/h2-5,7,13H,6H2,1H3,(H,16,18,19). The van der Waals surface area contributed by atoms with Crippen LogP contribution in [0.4, 0.5) is 8.78 Å². The molecule has 1 aromatic rings. The molecule has 0 aliphatic carbocycles. The van der Waals surface area contributed by atoms with Gasteiger partial charge in [0.05, 0.1) is 5.56 Å². The Balaban J connectivity index is 2.31. The van der Waals surface area contributed by atoms with Gasteiger partial charge in [-0.15, -0.1) is 0 Å². The third kappa shape index (κ3) is 3.38. The van der Waals surface area contributed by atoms with Gasteiger partial charge in [0.2, 0.25) is 11.8 Å². The van der Waals surface area contributed by atoms with E-state index < -0.39 is 29.5 Å². The van der Waals surface area contributed by atoms with Crippen molar-refractivity contribution in [2.75, 3.05) is 6.54 Å². The quantitative estimate of drug-likeness (QED) is 0.678. The summed E-state index contributed by atoms with van der Waals surface area (Å²) in [6.45, 7) is 1.20. The minimum atomic E-state index is -2.66. The lowest BCUT2D eigenvalue weighted by Gasteiger charge is -2.32. The number of nitrogens with zero attached hydrogens (tertiary/aromatic N) is 1. The van der Waals surface area contributed by atoms with Crippen LogP contribution in [-0.2, 0) is 9.59 Å². The summed E-state index contributed by atoms with van der Waals surface area (Å²) < 4.78 is 25.1. The van der Waals surface area contributed by atoms with Gasteiger partial charge in [0, 0.05) is 4.90 Å². The van der Waals surface area contributed by atoms with E-state index in [9.17, 15) is 23.2 Å². The smallest absolute Gasteiger partial charge is 0.288 e. The Bertz CT molecular complexity index is 595. The largest absolute Gasteiger partial charge is 0.318 e. The first kappa shape index (κ1) is 15.4. The van der Waals surface area contributed by atoms with Crippen molar-refractivity contribution in [3.05, 3.63) is 29.8 Å². The van der Waals surface area contributed by atoms with Crippen molar-refractivity contribution >= 4 is 29.5 Å². The van der Waals surface area contributed by atoms with Crippen molar-refractivity contribution in [3.63, 3.8) is 0 Å². The Morgan fingerprint density at radius 1 is 1.38 bits per heavy atom. The molecule has 8 heteroatoms. The van der Waals surface area contributed by atoms with Crippen molar-refractivity contribution in [2.24, 2.45) is 0 Å². The Morgan fingerprint density at radius 2 is 2.05 bits per heavy atom. The van der Waals surface area contributed by atoms with Crippen molar-refractivity contribution in [2.45, 2.75) is 23.6 Å². The molecule has 112 valence electrons. The maximum absolute atomic E-state index is 12.5. The maximum atomic E-state index is 12.5. The molecule has 1 aliphatic heterocycles. The molecule has 0 bridgehead atoms. The SMILES string of the molecule is CC1C(=O)NC(=O)CN1C(=O)c1ccccc1SC(F)F. The molecule has 1 saturated heterocycles. The highest BCUT2D eigenvalue weighted by Gasteiger charge is 2.34. The lowest BCUT2D eigenvalue weighted by Crippen LogP contribution is -2.58. The zero-order valence-corrected chi connectivity index (χ0v) is 11.8. The van der Waals surface area contributed by atoms with Gasteiger partial charge in [-0.1, -0.05) is 23.9 Å². The number of alkyl halides is 2. The molecule has 1 fully saturated rings. The summed E-state index contributed by atoms with van der Waals surface area (Å²) >= 11 is 0.254. The zero-order chi connectivity index (χ0) is 15.6. The molecular formula is C13H12F2N2O3S. The first-order valence-corrected chi connectivity index (χ1v) is 6.96. The fraction of sp³-hybridized carbons (Fsp3) is 0.308. The average molecular weight is 314 g/mol. The van der Waals surface area contributed by atoms with E-state index in [1.54, 1.807) is 12.1 Å². The van der Waals surface area contributed by atoms with Crippen LogP contribution in [0.5, 0.6) is 0 Å². The summed E-state index contributed by atoms with van der Waals surface area (Å²) in [5, 5.41) is 2.12. The molecule has 1 heterocycles. The van der Waals surface area contributed by atoms with Crippen LogP contribution in [0.15, 0.2) is 29.2 Å². The lowest BCUT2D eigenvalue weighted by molar-refractivity contribution is -0.138. The summed E-state index contributed by atoms with van der Waals surface area (Å²) in [5.74, 6) is -4.46. The van der Waals surface area contributed by atoms with Crippen LogP contribution in [0, 0.1) is 0 Å². The number of thioether (sulfide) groups is 1. The fourth-order valence-corrected chi connectivity index (χ4v) is 2.59. The monoisotopic (exact) mass is 314 g/mol. The number of carbonyl (C=O) groups is 3. The predicted molar refractivity (Wildman–Crippen MR) is 72.0 cm³/mol. The van der Waals surface area contributed by atoms with Crippen LogP contribution in [0.3, 0.4) is 0 Å². The van der Waals surface area contributed by atoms with Crippen molar-refractivity contribution < 1.29 is 23.2 Å². The topological polar surface area (TPSA) is 66.5 Å². The van der Waals surface area contributed by atoms with Crippen LogP contribution in [0.2, 0.25) is 0 Å². The van der Waals surface area contributed by atoms with Crippen LogP contribution < -0.4 is 5.32 Å². The van der Waals surface area contributed by atoms with E-state index in [1.807, 2.05) is 0 Å². The molecule has 1 N–H and O–H groups in total. The maximum Gasteiger partial charge on any atom is 0.288 e. The van der Waals surface area contributed by atoms with Gasteiger partial charge in [-0.25, -0.2) is 0 Å². The van der Waals surface area contributed by atoms with Crippen molar-refractivity contribution in [1.82, 2.24) is 10.2 Å².